The second-order valence-electron chi connectivity index (χ2n) is 6.41. The van der Waals surface area contributed by atoms with Gasteiger partial charge in [-0.3, -0.25) is 4.90 Å². The van der Waals surface area contributed by atoms with Crippen molar-refractivity contribution in [2.75, 3.05) is 6.54 Å². The molecule has 3 rings (SSSR count). The molecule has 21 heavy (non-hydrogen) atoms. The van der Waals surface area contributed by atoms with Gasteiger partial charge < -0.3 is 10.9 Å². The van der Waals surface area contributed by atoms with E-state index in [4.69, 9.17) is 10.9 Å². The van der Waals surface area contributed by atoms with E-state index in [-0.39, 0.29) is 5.84 Å². The highest BCUT2D eigenvalue weighted by molar-refractivity contribution is 5.96. The summed E-state index contributed by atoms with van der Waals surface area (Å²) in [5.41, 5.74) is 7.69. The minimum atomic E-state index is 0.173. The zero-order valence-electron chi connectivity index (χ0n) is 12.5. The van der Waals surface area contributed by atoms with Gasteiger partial charge in [0.15, 0.2) is 5.84 Å². The number of nitrogens with zero attached hydrogens (tertiary/aromatic N) is 2. The van der Waals surface area contributed by atoms with Crippen LogP contribution < -0.4 is 5.73 Å². The summed E-state index contributed by atoms with van der Waals surface area (Å²) in [4.78, 5) is 2.67. The number of hydrogen-bond donors (Lipinski definition) is 2. The van der Waals surface area contributed by atoms with Crippen LogP contribution in [0.1, 0.15) is 49.7 Å². The summed E-state index contributed by atoms with van der Waals surface area (Å²) in [6.07, 6.45) is 8.35. The summed E-state index contributed by atoms with van der Waals surface area (Å²) in [6, 6.07) is 8.86. The van der Waals surface area contributed by atoms with Crippen molar-refractivity contribution in [3.63, 3.8) is 0 Å². The highest BCUT2D eigenvalue weighted by Gasteiger charge is 2.32. The van der Waals surface area contributed by atoms with Crippen molar-refractivity contribution in [2.45, 2.75) is 51.1 Å². The Labute approximate surface area is 126 Å². The molecule has 2 aliphatic rings. The maximum atomic E-state index is 8.70. The van der Waals surface area contributed by atoms with Crippen molar-refractivity contribution in [1.82, 2.24) is 4.90 Å². The number of likely N-dealkylation sites (tertiary alicyclic amines) is 1. The van der Waals surface area contributed by atoms with Gasteiger partial charge >= 0.3 is 0 Å². The van der Waals surface area contributed by atoms with Gasteiger partial charge in [-0.25, -0.2) is 0 Å². The third-order valence-corrected chi connectivity index (χ3v) is 5.10. The molecule has 1 aromatic rings. The van der Waals surface area contributed by atoms with E-state index in [2.05, 4.69) is 22.2 Å². The maximum Gasteiger partial charge on any atom is 0.170 e. The second kappa shape index (κ2) is 6.48. The number of hydrogen-bond acceptors (Lipinski definition) is 3. The number of fused-ring (bicyclic) bond motifs is 1. The maximum absolute atomic E-state index is 8.70. The molecule has 0 aromatic heterocycles. The Morgan fingerprint density at radius 2 is 1.86 bits per heavy atom. The average Bonchev–Trinajstić information content (AvgIpc) is 2.55. The molecule has 3 N–H and O–H groups in total. The smallest absolute Gasteiger partial charge is 0.170 e. The molecule has 4 heteroatoms. The van der Waals surface area contributed by atoms with Crippen LogP contribution in [0.4, 0.5) is 0 Å². The number of nitrogens with two attached hydrogens (primary N) is 1. The quantitative estimate of drug-likeness (QED) is 0.389. The van der Waals surface area contributed by atoms with Crippen molar-refractivity contribution < 1.29 is 5.21 Å². The van der Waals surface area contributed by atoms with Crippen molar-refractivity contribution in [3.05, 3.63) is 35.4 Å². The first-order valence-corrected chi connectivity index (χ1v) is 8.09. The van der Waals surface area contributed by atoms with E-state index in [1.807, 2.05) is 12.1 Å². The molecular formula is C17H25N3O. The average molecular weight is 287 g/mol. The number of amidine groups is 1. The lowest BCUT2D eigenvalue weighted by molar-refractivity contribution is 0.0547. The Morgan fingerprint density at radius 1 is 1.14 bits per heavy atom. The molecule has 1 aromatic carbocycles. The summed E-state index contributed by atoms with van der Waals surface area (Å²) in [5.74, 6) is 1.09. The molecule has 4 nitrogen and oxygen atoms in total. The Bertz CT molecular complexity index is 495. The van der Waals surface area contributed by atoms with Crippen molar-refractivity contribution >= 4 is 5.84 Å². The van der Waals surface area contributed by atoms with Crippen LogP contribution >= 0.6 is 0 Å². The van der Waals surface area contributed by atoms with Gasteiger partial charge in [0.05, 0.1) is 0 Å². The highest BCUT2D eigenvalue weighted by Crippen LogP contribution is 2.35. The molecule has 0 amide bonds. The third kappa shape index (κ3) is 3.21. The van der Waals surface area contributed by atoms with E-state index in [9.17, 15) is 0 Å². The van der Waals surface area contributed by atoms with Crippen LogP contribution in [-0.2, 0) is 6.54 Å². The molecule has 1 saturated heterocycles. The lowest BCUT2D eigenvalue weighted by Crippen LogP contribution is -2.46. The molecule has 0 bridgehead atoms. The lowest BCUT2D eigenvalue weighted by Gasteiger charge is -2.44. The van der Waals surface area contributed by atoms with Crippen molar-refractivity contribution in [2.24, 2.45) is 16.8 Å². The summed E-state index contributed by atoms with van der Waals surface area (Å²) in [5, 5.41) is 11.7. The number of benzene rings is 1. The highest BCUT2D eigenvalue weighted by atomic mass is 16.4. The zero-order chi connectivity index (χ0) is 14.7. The molecule has 1 aliphatic carbocycles. The number of oxime groups is 1. The molecule has 0 radical (unpaired) electrons. The van der Waals surface area contributed by atoms with Crippen LogP contribution in [0.5, 0.6) is 0 Å². The van der Waals surface area contributed by atoms with Crippen LogP contribution in [0.25, 0.3) is 0 Å². The first-order valence-electron chi connectivity index (χ1n) is 8.09. The van der Waals surface area contributed by atoms with Gasteiger partial charge in [-0.2, -0.15) is 0 Å². The molecule has 0 spiro atoms. The number of piperidine rings is 1. The fraction of sp³-hybridized carbons (Fsp3) is 0.588. The molecule has 1 aliphatic heterocycles. The van der Waals surface area contributed by atoms with Crippen LogP contribution in [0, 0.1) is 5.92 Å². The monoisotopic (exact) mass is 287 g/mol. The zero-order valence-corrected chi connectivity index (χ0v) is 12.5. The topological polar surface area (TPSA) is 61.9 Å². The fourth-order valence-corrected chi connectivity index (χ4v) is 4.00. The van der Waals surface area contributed by atoms with E-state index in [0.717, 1.165) is 24.1 Å². The summed E-state index contributed by atoms with van der Waals surface area (Å²) in [7, 11) is 0. The van der Waals surface area contributed by atoms with Gasteiger partial charge in [-0.1, -0.05) is 42.3 Å². The Morgan fingerprint density at radius 3 is 2.62 bits per heavy atom. The molecular weight excluding hydrogens is 262 g/mol. The van der Waals surface area contributed by atoms with Crippen molar-refractivity contribution in [3.8, 4) is 0 Å². The van der Waals surface area contributed by atoms with E-state index >= 15 is 0 Å². The van der Waals surface area contributed by atoms with Crippen LogP contribution in [0.2, 0.25) is 0 Å². The van der Waals surface area contributed by atoms with E-state index in [1.54, 1.807) is 0 Å². The van der Waals surface area contributed by atoms with Crippen molar-refractivity contribution in [1.29, 1.82) is 0 Å². The summed E-state index contributed by atoms with van der Waals surface area (Å²) >= 11 is 0. The standard InChI is InChI=1S/C17H25N3O/c18-17(19-21)15-9-7-13(8-10-15)12-20-11-3-5-14-4-1-2-6-16(14)20/h7-10,14,16,21H,1-6,11-12H2,(H2,18,19). The SMILES string of the molecule is N/C(=N\O)c1ccc(CN2CCCC3CCCCC32)cc1. The molecule has 2 fully saturated rings. The van der Waals surface area contributed by atoms with Gasteiger partial charge in [-0.05, 0) is 43.7 Å². The summed E-state index contributed by atoms with van der Waals surface area (Å²) in [6.45, 7) is 2.25. The minimum absolute atomic E-state index is 0.173. The summed E-state index contributed by atoms with van der Waals surface area (Å²) < 4.78 is 0. The first-order chi connectivity index (χ1) is 10.3. The molecule has 2 unspecified atom stereocenters. The Kier molecular flexibility index (Phi) is 4.44. The molecule has 114 valence electrons. The van der Waals surface area contributed by atoms with E-state index < -0.39 is 0 Å². The lowest BCUT2D eigenvalue weighted by atomic mass is 9.78. The Hall–Kier alpha value is -1.55. The molecule has 1 saturated carbocycles. The van der Waals surface area contributed by atoms with Gasteiger partial charge in [0, 0.05) is 18.2 Å². The Balaban J connectivity index is 1.67. The number of rotatable bonds is 3. The van der Waals surface area contributed by atoms with E-state index in [1.165, 1.54) is 50.6 Å². The van der Waals surface area contributed by atoms with Gasteiger partial charge in [0.2, 0.25) is 0 Å². The second-order valence-corrected chi connectivity index (χ2v) is 6.41. The third-order valence-electron chi connectivity index (χ3n) is 5.10. The van der Waals surface area contributed by atoms with Gasteiger partial charge in [0.25, 0.3) is 0 Å². The molecule has 1 heterocycles. The largest absolute Gasteiger partial charge is 0.409 e. The minimum Gasteiger partial charge on any atom is -0.409 e. The van der Waals surface area contributed by atoms with Crippen LogP contribution in [0.15, 0.2) is 29.4 Å². The van der Waals surface area contributed by atoms with Gasteiger partial charge in [0.1, 0.15) is 0 Å². The normalized spacial score (nSPS) is 27.3. The first kappa shape index (κ1) is 14.4. The van der Waals surface area contributed by atoms with Gasteiger partial charge in [-0.15, -0.1) is 0 Å². The van der Waals surface area contributed by atoms with Crippen LogP contribution in [0.3, 0.4) is 0 Å². The predicted molar refractivity (Wildman–Crippen MR) is 84.3 cm³/mol. The van der Waals surface area contributed by atoms with E-state index in [0.29, 0.717) is 0 Å². The molecule has 2 atom stereocenters. The van der Waals surface area contributed by atoms with Crippen LogP contribution in [-0.4, -0.2) is 28.5 Å². The fourth-order valence-electron chi connectivity index (χ4n) is 4.00. The predicted octanol–water partition coefficient (Wildman–Crippen LogP) is 2.94.